The number of rotatable bonds is 5. The van der Waals surface area contributed by atoms with E-state index in [1.54, 1.807) is 4.90 Å². The van der Waals surface area contributed by atoms with Gasteiger partial charge in [0.05, 0.1) is 5.92 Å². The number of nitrogens with one attached hydrogen (secondary N) is 1. The average Bonchev–Trinajstić information content (AvgIpc) is 2.75. The molecule has 2 N–H and O–H groups in total. The molecule has 2 aliphatic rings. The number of hydrogen-bond acceptors (Lipinski definition) is 6. The fourth-order valence-electron chi connectivity index (χ4n) is 3.63. The highest BCUT2D eigenvalue weighted by Gasteiger charge is 2.28. The third-order valence-electron chi connectivity index (χ3n) is 5.60. The monoisotopic (exact) mass is 397 g/mol. The van der Waals surface area contributed by atoms with Gasteiger partial charge < -0.3 is 25.1 Å². The van der Waals surface area contributed by atoms with Crippen LogP contribution in [0.4, 0.5) is 11.4 Å². The Morgan fingerprint density at radius 2 is 1.72 bits per heavy atom. The van der Waals surface area contributed by atoms with Crippen molar-refractivity contribution in [2.45, 2.75) is 12.8 Å². The minimum Gasteiger partial charge on any atom is -0.481 e. The van der Waals surface area contributed by atoms with E-state index >= 15 is 0 Å². The van der Waals surface area contributed by atoms with Crippen molar-refractivity contribution in [2.24, 2.45) is 5.92 Å². The number of hydrogen-bond donors (Lipinski definition) is 2. The standard InChI is InChI=1S/C21H27N5O3/c1-24-10-12-25(13-11-24)19-4-2-18(3-5-19)23-15-17(14-22)20(27)26-8-6-16(7-9-26)21(28)29/h2-5,15-16,23H,6-13H2,1H3,(H,28,29)/b17-15-. The molecule has 2 aliphatic heterocycles. The summed E-state index contributed by atoms with van der Waals surface area (Å²) in [5.74, 6) is -1.60. The number of likely N-dealkylation sites (N-methyl/N-ethyl adjacent to an activating group) is 1. The Labute approximate surface area is 171 Å². The van der Waals surface area contributed by atoms with Gasteiger partial charge in [0.1, 0.15) is 11.6 Å². The summed E-state index contributed by atoms with van der Waals surface area (Å²) in [6.07, 6.45) is 2.26. The van der Waals surface area contributed by atoms with Gasteiger partial charge in [-0.15, -0.1) is 0 Å². The van der Waals surface area contributed by atoms with Crippen LogP contribution in [0.5, 0.6) is 0 Å². The summed E-state index contributed by atoms with van der Waals surface area (Å²) in [6, 6.07) is 9.88. The molecule has 29 heavy (non-hydrogen) atoms. The summed E-state index contributed by atoms with van der Waals surface area (Å²) < 4.78 is 0. The number of carbonyl (C=O) groups excluding carboxylic acids is 1. The summed E-state index contributed by atoms with van der Waals surface area (Å²) in [5, 5.41) is 21.5. The fraction of sp³-hybridized carbons (Fsp3) is 0.476. The molecule has 0 unspecified atom stereocenters. The maximum absolute atomic E-state index is 12.6. The number of aliphatic carboxylic acids is 1. The molecular weight excluding hydrogens is 370 g/mol. The number of amides is 1. The van der Waals surface area contributed by atoms with Crippen molar-refractivity contribution in [2.75, 3.05) is 56.5 Å². The summed E-state index contributed by atoms with van der Waals surface area (Å²) in [4.78, 5) is 29.8. The highest BCUT2D eigenvalue weighted by atomic mass is 16.4. The molecule has 0 saturated carbocycles. The van der Waals surface area contributed by atoms with Crippen LogP contribution in [-0.4, -0.2) is 73.1 Å². The van der Waals surface area contributed by atoms with Crippen molar-refractivity contribution in [1.29, 1.82) is 5.26 Å². The summed E-state index contributed by atoms with van der Waals surface area (Å²) in [6.45, 7) is 4.78. The van der Waals surface area contributed by atoms with Crippen LogP contribution in [0.3, 0.4) is 0 Å². The number of piperidine rings is 1. The molecule has 2 heterocycles. The molecule has 1 amide bonds. The highest BCUT2D eigenvalue weighted by molar-refractivity contribution is 5.97. The van der Waals surface area contributed by atoms with E-state index in [-0.39, 0.29) is 11.5 Å². The Balaban J connectivity index is 1.57. The van der Waals surface area contributed by atoms with Gasteiger partial charge in [0.25, 0.3) is 5.91 Å². The van der Waals surface area contributed by atoms with Crippen LogP contribution in [0.2, 0.25) is 0 Å². The zero-order valence-electron chi connectivity index (χ0n) is 16.7. The molecule has 0 aliphatic carbocycles. The number of piperazine rings is 1. The molecule has 0 bridgehead atoms. The van der Waals surface area contributed by atoms with Crippen LogP contribution in [0, 0.1) is 17.2 Å². The van der Waals surface area contributed by atoms with Crippen molar-refractivity contribution in [3.8, 4) is 6.07 Å². The number of likely N-dealkylation sites (tertiary alicyclic amines) is 1. The molecule has 3 rings (SSSR count). The number of carbonyl (C=O) groups is 2. The number of anilines is 2. The number of benzene rings is 1. The van der Waals surface area contributed by atoms with Crippen LogP contribution < -0.4 is 10.2 Å². The van der Waals surface area contributed by atoms with Gasteiger partial charge in [0.2, 0.25) is 0 Å². The Hall–Kier alpha value is -3.05. The van der Waals surface area contributed by atoms with Crippen molar-refractivity contribution in [1.82, 2.24) is 9.80 Å². The topological polar surface area (TPSA) is 99.9 Å². The molecular formula is C21H27N5O3. The molecule has 8 nitrogen and oxygen atoms in total. The predicted molar refractivity (Wildman–Crippen MR) is 110 cm³/mol. The summed E-state index contributed by atoms with van der Waals surface area (Å²) >= 11 is 0. The van der Waals surface area contributed by atoms with Gasteiger partial charge in [0, 0.05) is 56.8 Å². The fourth-order valence-corrected chi connectivity index (χ4v) is 3.63. The van der Waals surface area contributed by atoms with E-state index < -0.39 is 11.9 Å². The van der Waals surface area contributed by atoms with E-state index in [1.165, 1.54) is 6.20 Å². The van der Waals surface area contributed by atoms with Crippen molar-refractivity contribution in [3.05, 3.63) is 36.0 Å². The first-order chi connectivity index (χ1) is 14.0. The molecule has 2 saturated heterocycles. The molecule has 1 aromatic rings. The van der Waals surface area contributed by atoms with Crippen LogP contribution in [0.15, 0.2) is 36.0 Å². The van der Waals surface area contributed by atoms with E-state index in [4.69, 9.17) is 5.11 Å². The van der Waals surface area contributed by atoms with E-state index in [0.29, 0.717) is 25.9 Å². The Kier molecular flexibility index (Phi) is 6.73. The maximum atomic E-state index is 12.6. The van der Waals surface area contributed by atoms with Gasteiger partial charge in [-0.3, -0.25) is 9.59 Å². The number of nitrogens with zero attached hydrogens (tertiary/aromatic N) is 4. The Morgan fingerprint density at radius 3 is 2.28 bits per heavy atom. The quantitative estimate of drug-likeness (QED) is 0.575. The van der Waals surface area contributed by atoms with E-state index in [9.17, 15) is 14.9 Å². The largest absolute Gasteiger partial charge is 0.481 e. The number of carboxylic acid groups (broad SMARTS) is 1. The summed E-state index contributed by atoms with van der Waals surface area (Å²) in [7, 11) is 2.12. The van der Waals surface area contributed by atoms with Crippen molar-refractivity contribution >= 4 is 23.3 Å². The Bertz CT molecular complexity index is 799. The second kappa shape index (κ2) is 9.43. The normalized spacial score (nSPS) is 19.0. The molecule has 0 aromatic heterocycles. The van der Waals surface area contributed by atoms with Crippen LogP contribution in [0.1, 0.15) is 12.8 Å². The second-order valence-corrected chi connectivity index (χ2v) is 7.56. The minimum absolute atomic E-state index is 0.0157. The molecule has 0 atom stereocenters. The number of carboxylic acids is 1. The van der Waals surface area contributed by atoms with E-state index in [2.05, 4.69) is 22.2 Å². The molecule has 2 fully saturated rings. The molecule has 0 radical (unpaired) electrons. The first-order valence-corrected chi connectivity index (χ1v) is 9.90. The molecule has 8 heteroatoms. The lowest BCUT2D eigenvalue weighted by atomic mass is 9.97. The third-order valence-corrected chi connectivity index (χ3v) is 5.60. The van der Waals surface area contributed by atoms with E-state index in [1.807, 2.05) is 30.3 Å². The first kappa shape index (κ1) is 20.7. The lowest BCUT2D eigenvalue weighted by Crippen LogP contribution is -2.44. The Morgan fingerprint density at radius 1 is 1.10 bits per heavy atom. The smallest absolute Gasteiger partial charge is 0.306 e. The van der Waals surface area contributed by atoms with Crippen LogP contribution in [0.25, 0.3) is 0 Å². The predicted octanol–water partition coefficient (Wildman–Crippen LogP) is 1.58. The molecule has 1 aromatic carbocycles. The maximum Gasteiger partial charge on any atom is 0.306 e. The van der Waals surface area contributed by atoms with Crippen molar-refractivity contribution in [3.63, 3.8) is 0 Å². The SMILES string of the molecule is CN1CCN(c2ccc(N/C=C(/C#N)C(=O)N3CCC(C(=O)O)CC3)cc2)CC1. The molecule has 154 valence electrons. The van der Waals surface area contributed by atoms with Gasteiger partial charge in [-0.1, -0.05) is 0 Å². The lowest BCUT2D eigenvalue weighted by Gasteiger charge is -2.34. The summed E-state index contributed by atoms with van der Waals surface area (Å²) in [5.41, 5.74) is 1.97. The van der Waals surface area contributed by atoms with E-state index in [0.717, 1.165) is 37.6 Å². The second-order valence-electron chi connectivity index (χ2n) is 7.56. The molecule has 0 spiro atoms. The lowest BCUT2D eigenvalue weighted by molar-refractivity contribution is -0.145. The van der Waals surface area contributed by atoms with Gasteiger partial charge in [-0.25, -0.2) is 0 Å². The minimum atomic E-state index is -0.824. The van der Waals surface area contributed by atoms with Crippen LogP contribution in [-0.2, 0) is 9.59 Å². The number of nitriles is 1. The highest BCUT2D eigenvalue weighted by Crippen LogP contribution is 2.21. The van der Waals surface area contributed by atoms with Crippen LogP contribution >= 0.6 is 0 Å². The average molecular weight is 397 g/mol. The van der Waals surface area contributed by atoms with Gasteiger partial charge in [0.15, 0.2) is 0 Å². The zero-order valence-corrected chi connectivity index (χ0v) is 16.7. The van der Waals surface area contributed by atoms with Gasteiger partial charge >= 0.3 is 5.97 Å². The van der Waals surface area contributed by atoms with Gasteiger partial charge in [-0.2, -0.15) is 5.26 Å². The van der Waals surface area contributed by atoms with Crippen molar-refractivity contribution < 1.29 is 14.7 Å². The first-order valence-electron chi connectivity index (χ1n) is 9.90. The third kappa shape index (κ3) is 5.27. The van der Waals surface area contributed by atoms with Gasteiger partial charge in [-0.05, 0) is 44.2 Å². The zero-order chi connectivity index (χ0) is 20.8.